The van der Waals surface area contributed by atoms with Crippen LogP contribution in [0.25, 0.3) is 5.57 Å². The number of benzene rings is 2. The first-order valence-electron chi connectivity index (χ1n) is 9.49. The van der Waals surface area contributed by atoms with Crippen molar-refractivity contribution < 1.29 is 14.4 Å². The molecule has 5 nitrogen and oxygen atoms in total. The monoisotopic (exact) mass is 380 g/mol. The van der Waals surface area contributed by atoms with E-state index in [2.05, 4.69) is 49.3 Å². The van der Waals surface area contributed by atoms with Crippen LogP contribution in [0.3, 0.4) is 0 Å². The first-order chi connectivity index (χ1) is 13.5. The number of carbonyl (C=O) groups excluding carboxylic acids is 1. The van der Waals surface area contributed by atoms with E-state index < -0.39 is 0 Å². The summed E-state index contributed by atoms with van der Waals surface area (Å²) in [5, 5.41) is 1.26. The number of carbonyl (C=O) groups is 1. The standard InChI is InChI=1S/C23H28N2O3/c1-24(2)13-7-10-20-19-9-6-5-8-18(19)16-28-22-12-11-17(14-21(20)22)15-23(26)25(3)27-4/h5-6,8-12,14H,7,13,15-16H2,1-4H3. The van der Waals surface area contributed by atoms with E-state index in [0.29, 0.717) is 6.61 Å². The Balaban J connectivity index is 2.01. The van der Waals surface area contributed by atoms with Gasteiger partial charge in [-0.15, -0.1) is 0 Å². The Morgan fingerprint density at radius 3 is 2.68 bits per heavy atom. The van der Waals surface area contributed by atoms with Gasteiger partial charge in [-0.25, -0.2) is 5.06 Å². The molecular formula is C23H28N2O3. The molecule has 0 N–H and O–H groups in total. The molecule has 1 aliphatic rings. The molecule has 0 spiro atoms. The minimum absolute atomic E-state index is 0.0875. The van der Waals surface area contributed by atoms with Crippen LogP contribution in [-0.2, 0) is 22.7 Å². The van der Waals surface area contributed by atoms with Gasteiger partial charge in [-0.05, 0) is 54.9 Å². The summed E-state index contributed by atoms with van der Waals surface area (Å²) in [5.74, 6) is 0.763. The van der Waals surface area contributed by atoms with Gasteiger partial charge in [-0.1, -0.05) is 36.4 Å². The summed E-state index contributed by atoms with van der Waals surface area (Å²) in [7, 11) is 7.27. The van der Waals surface area contributed by atoms with E-state index in [1.165, 1.54) is 28.9 Å². The van der Waals surface area contributed by atoms with Crippen molar-refractivity contribution in [1.29, 1.82) is 0 Å². The summed E-state index contributed by atoms with van der Waals surface area (Å²) < 4.78 is 6.09. The zero-order chi connectivity index (χ0) is 20.1. The molecule has 3 rings (SSSR count). The van der Waals surface area contributed by atoms with Gasteiger partial charge in [0.2, 0.25) is 5.91 Å². The van der Waals surface area contributed by atoms with Gasteiger partial charge < -0.3 is 9.64 Å². The summed E-state index contributed by atoms with van der Waals surface area (Å²) in [5.41, 5.74) is 5.51. The van der Waals surface area contributed by atoms with Crippen molar-refractivity contribution in [3.05, 3.63) is 70.8 Å². The third kappa shape index (κ3) is 4.61. The molecule has 0 fully saturated rings. The van der Waals surface area contributed by atoms with Crippen LogP contribution in [0.4, 0.5) is 0 Å². The molecule has 0 radical (unpaired) electrons. The zero-order valence-corrected chi connectivity index (χ0v) is 17.1. The maximum Gasteiger partial charge on any atom is 0.250 e. The average Bonchev–Trinajstić information content (AvgIpc) is 2.84. The van der Waals surface area contributed by atoms with E-state index in [0.717, 1.165) is 29.8 Å². The fourth-order valence-electron chi connectivity index (χ4n) is 3.31. The Morgan fingerprint density at radius 2 is 1.93 bits per heavy atom. The number of hydrogen-bond acceptors (Lipinski definition) is 4. The van der Waals surface area contributed by atoms with Crippen molar-refractivity contribution in [2.24, 2.45) is 0 Å². The molecule has 0 saturated carbocycles. The van der Waals surface area contributed by atoms with Gasteiger partial charge in [0.1, 0.15) is 12.4 Å². The normalized spacial score (nSPS) is 14.2. The van der Waals surface area contributed by atoms with E-state index in [1.807, 2.05) is 18.2 Å². The minimum Gasteiger partial charge on any atom is -0.488 e. The lowest BCUT2D eigenvalue weighted by Gasteiger charge is -2.16. The molecule has 0 aliphatic carbocycles. The third-order valence-electron chi connectivity index (χ3n) is 4.93. The Morgan fingerprint density at radius 1 is 1.14 bits per heavy atom. The van der Waals surface area contributed by atoms with Gasteiger partial charge >= 0.3 is 0 Å². The molecule has 1 heterocycles. The van der Waals surface area contributed by atoms with Gasteiger partial charge in [0.25, 0.3) is 0 Å². The first kappa shape index (κ1) is 20.1. The smallest absolute Gasteiger partial charge is 0.250 e. The van der Waals surface area contributed by atoms with Crippen molar-refractivity contribution >= 4 is 11.5 Å². The number of hydroxylamine groups is 2. The fourth-order valence-corrected chi connectivity index (χ4v) is 3.31. The SMILES string of the molecule is CON(C)C(=O)Cc1ccc2c(c1)C(=CCCN(C)C)c1ccccc1CO2. The highest BCUT2D eigenvalue weighted by Gasteiger charge is 2.20. The first-order valence-corrected chi connectivity index (χ1v) is 9.49. The van der Waals surface area contributed by atoms with E-state index in [4.69, 9.17) is 9.57 Å². The van der Waals surface area contributed by atoms with Crippen LogP contribution in [0.5, 0.6) is 5.75 Å². The van der Waals surface area contributed by atoms with Gasteiger partial charge in [-0.3, -0.25) is 9.63 Å². The summed E-state index contributed by atoms with van der Waals surface area (Å²) in [6.07, 6.45) is 3.50. The summed E-state index contributed by atoms with van der Waals surface area (Å²) in [6, 6.07) is 14.3. The Hall–Kier alpha value is -2.63. The summed E-state index contributed by atoms with van der Waals surface area (Å²) >= 11 is 0. The molecule has 0 aromatic heterocycles. The number of fused-ring (bicyclic) bond motifs is 2. The molecule has 148 valence electrons. The van der Waals surface area contributed by atoms with Crippen LogP contribution in [0.15, 0.2) is 48.5 Å². The van der Waals surface area contributed by atoms with Crippen molar-refractivity contribution in [2.45, 2.75) is 19.4 Å². The molecule has 28 heavy (non-hydrogen) atoms. The largest absolute Gasteiger partial charge is 0.488 e. The van der Waals surface area contributed by atoms with Crippen molar-refractivity contribution in [1.82, 2.24) is 9.96 Å². The van der Waals surface area contributed by atoms with Crippen LogP contribution < -0.4 is 4.74 Å². The molecular weight excluding hydrogens is 352 g/mol. The zero-order valence-electron chi connectivity index (χ0n) is 17.1. The van der Waals surface area contributed by atoms with E-state index in [-0.39, 0.29) is 12.3 Å². The Labute approximate surface area is 167 Å². The van der Waals surface area contributed by atoms with E-state index in [1.54, 1.807) is 7.05 Å². The maximum atomic E-state index is 12.3. The molecule has 0 unspecified atom stereocenters. The van der Waals surface area contributed by atoms with Crippen LogP contribution in [0.1, 0.15) is 28.7 Å². The van der Waals surface area contributed by atoms with Crippen LogP contribution in [0, 0.1) is 0 Å². The maximum absolute atomic E-state index is 12.3. The second-order valence-electron chi connectivity index (χ2n) is 7.24. The summed E-state index contributed by atoms with van der Waals surface area (Å²) in [4.78, 5) is 19.4. The van der Waals surface area contributed by atoms with Crippen LogP contribution >= 0.6 is 0 Å². The molecule has 1 aliphatic heterocycles. The predicted molar refractivity (Wildman–Crippen MR) is 111 cm³/mol. The quantitative estimate of drug-likeness (QED) is 0.719. The van der Waals surface area contributed by atoms with Gasteiger partial charge in [0.15, 0.2) is 0 Å². The highest BCUT2D eigenvalue weighted by molar-refractivity contribution is 5.86. The molecule has 1 amide bonds. The lowest BCUT2D eigenvalue weighted by atomic mass is 9.92. The molecule has 0 saturated heterocycles. The topological polar surface area (TPSA) is 42.0 Å². The Bertz CT molecular complexity index is 874. The average molecular weight is 380 g/mol. The number of likely N-dealkylation sites (N-methyl/N-ethyl adjacent to an activating group) is 1. The van der Waals surface area contributed by atoms with Gasteiger partial charge in [-0.2, -0.15) is 0 Å². The second-order valence-corrected chi connectivity index (χ2v) is 7.24. The summed E-state index contributed by atoms with van der Waals surface area (Å²) in [6.45, 7) is 1.51. The highest BCUT2D eigenvalue weighted by atomic mass is 16.7. The Kier molecular flexibility index (Phi) is 6.49. The number of nitrogens with zero attached hydrogens (tertiary/aromatic N) is 2. The van der Waals surface area contributed by atoms with E-state index in [9.17, 15) is 4.79 Å². The van der Waals surface area contributed by atoms with Gasteiger partial charge in [0, 0.05) is 19.2 Å². The van der Waals surface area contributed by atoms with E-state index >= 15 is 0 Å². The molecule has 5 heteroatoms. The number of hydrogen-bond donors (Lipinski definition) is 0. The highest BCUT2D eigenvalue weighted by Crippen LogP contribution is 2.37. The third-order valence-corrected chi connectivity index (χ3v) is 4.93. The van der Waals surface area contributed by atoms with Crippen molar-refractivity contribution in [3.8, 4) is 5.75 Å². The lowest BCUT2D eigenvalue weighted by Crippen LogP contribution is -2.26. The van der Waals surface area contributed by atoms with Gasteiger partial charge in [0.05, 0.1) is 13.5 Å². The fraction of sp³-hybridized carbons (Fsp3) is 0.348. The molecule has 2 aromatic carbocycles. The van der Waals surface area contributed by atoms with Crippen molar-refractivity contribution in [2.75, 3.05) is 34.8 Å². The van der Waals surface area contributed by atoms with Crippen LogP contribution in [-0.4, -0.2) is 50.7 Å². The number of ether oxygens (including phenoxy) is 1. The molecule has 0 atom stereocenters. The predicted octanol–water partition coefficient (Wildman–Crippen LogP) is 3.52. The second kappa shape index (κ2) is 9.04. The van der Waals surface area contributed by atoms with Crippen LogP contribution in [0.2, 0.25) is 0 Å². The molecule has 2 aromatic rings. The number of amides is 1. The lowest BCUT2D eigenvalue weighted by molar-refractivity contribution is -0.167. The molecule has 0 bridgehead atoms. The van der Waals surface area contributed by atoms with Crippen molar-refractivity contribution in [3.63, 3.8) is 0 Å². The minimum atomic E-state index is -0.0875. The number of rotatable bonds is 6.